The van der Waals surface area contributed by atoms with E-state index in [1.165, 1.54) is 5.69 Å². The van der Waals surface area contributed by atoms with Crippen LogP contribution in [0, 0.1) is 4.77 Å². The largest absolute Gasteiger partial charge is 0.497 e. The van der Waals surface area contributed by atoms with Crippen molar-refractivity contribution in [2.45, 2.75) is 6.67 Å². The van der Waals surface area contributed by atoms with Crippen molar-refractivity contribution >= 4 is 29.5 Å². The zero-order valence-corrected chi connectivity index (χ0v) is 17.2. The molecule has 1 saturated heterocycles. The maximum Gasteiger partial charge on any atom is 0.203 e. The van der Waals surface area contributed by atoms with E-state index in [2.05, 4.69) is 21.0 Å². The summed E-state index contributed by atoms with van der Waals surface area (Å²) in [6, 6.07) is 15.8. The first kappa shape index (κ1) is 19.0. The van der Waals surface area contributed by atoms with E-state index in [0.29, 0.717) is 11.4 Å². The van der Waals surface area contributed by atoms with E-state index in [1.807, 2.05) is 51.7 Å². The van der Waals surface area contributed by atoms with Gasteiger partial charge in [0.25, 0.3) is 0 Å². The topological polar surface area (TPSA) is 38.5 Å². The van der Waals surface area contributed by atoms with E-state index >= 15 is 0 Å². The maximum atomic E-state index is 6.12. The van der Waals surface area contributed by atoms with Crippen molar-refractivity contribution in [3.8, 4) is 11.4 Å². The van der Waals surface area contributed by atoms with Gasteiger partial charge in [-0.05, 0) is 54.7 Å². The molecule has 1 aromatic heterocycles. The summed E-state index contributed by atoms with van der Waals surface area (Å²) < 4.78 is 9.68. The molecule has 6 nitrogen and oxygen atoms in total. The molecule has 0 bridgehead atoms. The number of rotatable bonds is 5. The number of ether oxygens (including phenoxy) is 1. The highest BCUT2D eigenvalue weighted by atomic mass is 35.5. The molecule has 0 radical (unpaired) electrons. The Morgan fingerprint density at radius 1 is 1.04 bits per heavy atom. The van der Waals surface area contributed by atoms with Crippen LogP contribution in [0.3, 0.4) is 0 Å². The highest BCUT2D eigenvalue weighted by molar-refractivity contribution is 7.71. The van der Waals surface area contributed by atoms with E-state index in [4.69, 9.17) is 28.6 Å². The minimum Gasteiger partial charge on any atom is -0.497 e. The first-order valence-corrected chi connectivity index (χ1v) is 9.94. The SMILES string of the molecule is COc1ccc(-n2cnn(CN3CCN(c4cccc(Cl)c4)CC3)c2=S)cc1. The Morgan fingerprint density at radius 2 is 1.79 bits per heavy atom. The summed E-state index contributed by atoms with van der Waals surface area (Å²) in [6.45, 7) is 4.48. The number of piperazine rings is 1. The predicted molar refractivity (Wildman–Crippen MR) is 114 cm³/mol. The van der Waals surface area contributed by atoms with Gasteiger partial charge in [0.05, 0.1) is 13.8 Å². The Balaban J connectivity index is 1.40. The van der Waals surface area contributed by atoms with Gasteiger partial charge in [-0.2, -0.15) is 5.10 Å². The fourth-order valence-corrected chi connectivity index (χ4v) is 3.81. The molecule has 1 fully saturated rings. The minimum absolute atomic E-state index is 0.683. The average Bonchev–Trinajstić information content (AvgIpc) is 3.09. The van der Waals surface area contributed by atoms with E-state index in [0.717, 1.165) is 42.6 Å². The van der Waals surface area contributed by atoms with Gasteiger partial charge >= 0.3 is 0 Å². The molecular formula is C20H22ClN5OS. The molecule has 8 heteroatoms. The number of hydrogen-bond acceptors (Lipinski definition) is 5. The monoisotopic (exact) mass is 415 g/mol. The highest BCUT2D eigenvalue weighted by Gasteiger charge is 2.18. The normalized spacial score (nSPS) is 15.0. The van der Waals surface area contributed by atoms with Crippen LogP contribution in [0.1, 0.15) is 0 Å². The first-order chi connectivity index (χ1) is 13.6. The van der Waals surface area contributed by atoms with Gasteiger partial charge in [-0.15, -0.1) is 0 Å². The molecule has 0 atom stereocenters. The van der Waals surface area contributed by atoms with Gasteiger partial charge in [-0.1, -0.05) is 17.7 Å². The number of halogens is 1. The molecule has 28 heavy (non-hydrogen) atoms. The van der Waals surface area contributed by atoms with Gasteiger partial charge < -0.3 is 9.64 Å². The number of anilines is 1. The average molecular weight is 416 g/mol. The molecule has 0 aliphatic carbocycles. The molecule has 0 unspecified atom stereocenters. The van der Waals surface area contributed by atoms with Crippen LogP contribution >= 0.6 is 23.8 Å². The van der Waals surface area contributed by atoms with Crippen molar-refractivity contribution in [1.29, 1.82) is 0 Å². The number of methoxy groups -OCH3 is 1. The zero-order chi connectivity index (χ0) is 19.5. The third-order valence-corrected chi connectivity index (χ3v) is 5.61. The van der Waals surface area contributed by atoms with E-state index in [1.54, 1.807) is 13.4 Å². The zero-order valence-electron chi connectivity index (χ0n) is 15.7. The van der Waals surface area contributed by atoms with Crippen molar-refractivity contribution in [3.63, 3.8) is 0 Å². The predicted octanol–water partition coefficient (Wildman–Crippen LogP) is 3.84. The fourth-order valence-electron chi connectivity index (χ4n) is 3.36. The second-order valence-corrected chi connectivity index (χ2v) is 7.51. The Bertz CT molecular complexity index is 992. The Morgan fingerprint density at radius 3 is 2.46 bits per heavy atom. The summed E-state index contributed by atoms with van der Waals surface area (Å²) in [5.41, 5.74) is 2.15. The standard InChI is InChI=1S/C20H22ClN5OS/c1-27-19-7-5-17(6-8-19)25-14-22-26(20(25)28)15-23-9-11-24(12-10-23)18-4-2-3-16(21)13-18/h2-8,13-14H,9-12,15H2,1H3. The molecule has 1 aliphatic rings. The second-order valence-electron chi connectivity index (χ2n) is 6.71. The van der Waals surface area contributed by atoms with Crippen LogP contribution in [0.2, 0.25) is 5.02 Å². The molecule has 146 valence electrons. The van der Waals surface area contributed by atoms with Gasteiger partial charge in [0.1, 0.15) is 12.1 Å². The van der Waals surface area contributed by atoms with E-state index < -0.39 is 0 Å². The number of aromatic nitrogens is 3. The summed E-state index contributed by atoms with van der Waals surface area (Å²) in [4.78, 5) is 4.72. The van der Waals surface area contributed by atoms with E-state index in [-0.39, 0.29) is 0 Å². The molecular weight excluding hydrogens is 394 g/mol. The summed E-state index contributed by atoms with van der Waals surface area (Å²) >= 11 is 11.7. The van der Waals surface area contributed by atoms with Gasteiger partial charge in [-0.3, -0.25) is 9.47 Å². The molecule has 3 aromatic rings. The van der Waals surface area contributed by atoms with Gasteiger partial charge in [-0.25, -0.2) is 4.68 Å². The second kappa shape index (κ2) is 8.34. The lowest BCUT2D eigenvalue weighted by Gasteiger charge is -2.35. The van der Waals surface area contributed by atoms with Crippen molar-refractivity contribution in [3.05, 3.63) is 64.7 Å². The Labute approximate surface area is 174 Å². The molecule has 1 aliphatic heterocycles. The molecule has 0 amide bonds. The van der Waals surface area contributed by atoms with Gasteiger partial charge in [0, 0.05) is 42.6 Å². The van der Waals surface area contributed by atoms with E-state index in [9.17, 15) is 0 Å². The highest BCUT2D eigenvalue weighted by Crippen LogP contribution is 2.21. The van der Waals surface area contributed by atoms with Crippen molar-refractivity contribution in [1.82, 2.24) is 19.2 Å². The number of hydrogen-bond donors (Lipinski definition) is 0. The Kier molecular flexibility index (Phi) is 5.66. The first-order valence-electron chi connectivity index (χ1n) is 9.16. The molecule has 2 heterocycles. The number of nitrogens with zero attached hydrogens (tertiary/aromatic N) is 5. The minimum atomic E-state index is 0.683. The quantitative estimate of drug-likeness (QED) is 0.592. The fraction of sp³-hybridized carbons (Fsp3) is 0.300. The lowest BCUT2D eigenvalue weighted by molar-refractivity contribution is 0.194. The smallest absolute Gasteiger partial charge is 0.203 e. The summed E-state index contributed by atoms with van der Waals surface area (Å²) in [6.07, 6.45) is 1.77. The lowest BCUT2D eigenvalue weighted by Crippen LogP contribution is -2.47. The van der Waals surface area contributed by atoms with Crippen LogP contribution in [0.25, 0.3) is 5.69 Å². The maximum absolute atomic E-state index is 6.12. The molecule has 0 saturated carbocycles. The van der Waals surface area contributed by atoms with Crippen LogP contribution in [-0.4, -0.2) is 52.5 Å². The van der Waals surface area contributed by atoms with Crippen molar-refractivity contribution < 1.29 is 4.74 Å². The van der Waals surface area contributed by atoms with Crippen LogP contribution in [0.5, 0.6) is 5.75 Å². The van der Waals surface area contributed by atoms with Crippen LogP contribution in [0.15, 0.2) is 54.9 Å². The third-order valence-electron chi connectivity index (χ3n) is 4.96. The van der Waals surface area contributed by atoms with Crippen molar-refractivity contribution in [2.75, 3.05) is 38.2 Å². The van der Waals surface area contributed by atoms with Gasteiger partial charge in [0.2, 0.25) is 4.77 Å². The van der Waals surface area contributed by atoms with Crippen molar-refractivity contribution in [2.24, 2.45) is 0 Å². The molecule has 0 N–H and O–H groups in total. The van der Waals surface area contributed by atoms with Crippen LogP contribution in [0.4, 0.5) is 5.69 Å². The lowest BCUT2D eigenvalue weighted by atomic mass is 10.2. The molecule has 4 rings (SSSR count). The molecule has 2 aromatic carbocycles. The van der Waals surface area contributed by atoms with Crippen LogP contribution in [-0.2, 0) is 6.67 Å². The Hall–Kier alpha value is -2.35. The summed E-state index contributed by atoms with van der Waals surface area (Å²) in [7, 11) is 1.66. The molecule has 0 spiro atoms. The third kappa shape index (κ3) is 4.06. The summed E-state index contributed by atoms with van der Waals surface area (Å²) in [5, 5.41) is 5.26. The summed E-state index contributed by atoms with van der Waals surface area (Å²) in [5.74, 6) is 0.820. The van der Waals surface area contributed by atoms with Gasteiger partial charge in [0.15, 0.2) is 0 Å². The van der Waals surface area contributed by atoms with Crippen LogP contribution < -0.4 is 9.64 Å². The number of benzene rings is 2.